The zero-order chi connectivity index (χ0) is 71.3. The highest BCUT2D eigenvalue weighted by atomic mass is 79.9. The zero-order valence-electron chi connectivity index (χ0n) is 54.9. The van der Waals surface area contributed by atoms with Crippen molar-refractivity contribution in [2.45, 2.75) is 126 Å². The van der Waals surface area contributed by atoms with E-state index in [-0.39, 0.29) is 36.2 Å². The number of nitrogens with zero attached hydrogens (tertiary/aromatic N) is 12. The zero-order valence-corrected chi connectivity index (χ0v) is 59.7. The summed E-state index contributed by atoms with van der Waals surface area (Å²) < 4.78 is 7.74. The first kappa shape index (κ1) is 67.4. The summed E-state index contributed by atoms with van der Waals surface area (Å²) in [6, 6.07) is 26.0. The predicted molar refractivity (Wildman–Crippen MR) is 389 cm³/mol. The van der Waals surface area contributed by atoms with Gasteiger partial charge in [-0.3, -0.25) is 14.4 Å². The number of Topliss-reactive ketones (excluding diaryl/α,β-unsaturated/α-hetero) is 1. The first-order valence-corrected chi connectivity index (χ1v) is 35.6. The fourth-order valence-corrected chi connectivity index (χ4v) is 17.8. The van der Waals surface area contributed by atoms with Crippen LogP contribution in [-0.4, -0.2) is 150 Å². The molecule has 3 saturated heterocycles. The summed E-state index contributed by atoms with van der Waals surface area (Å²) in [6.07, 6.45) is 4.70. The SMILES string of the molecule is Cc1ncnc2c1ccn2[C@@H]1C[C@@]2(CN[C@@H](c3ccc4cc(Br)c(N)nc4c3)C2=O)[C@@H](O)[C@H]1O.Cc1ncnc2c1ccn2[C@@H]1C[C@]2(C[C@H](c3ccc4cc(Br)c(N)nc4c3)NC2=O)[C@@H](O)[C@H]1O.Cc1ncnc2c1ccn2[C@@H]1C[C@]2(C[C@H](c3ccc4cc(Br)c(N)nc4c3)NC2=O)[C@@H](O)[C@H]1O. The van der Waals surface area contributed by atoms with Gasteiger partial charge in [-0.15, -0.1) is 0 Å². The molecular weight excluding hydrogens is 1500 g/mol. The Labute approximate surface area is 605 Å². The molecule has 3 aliphatic carbocycles. The number of rotatable bonds is 6. The molecule has 27 nitrogen and oxygen atoms in total. The standard InChI is InChI=1S/3C24H23BrN6O3/c1-11-14-4-5-31(23(14)29-10-28-11)17-8-24(21(34)19(17)32)9-27-18(20(24)33)13-3-2-12-6-15(25)22(26)30-16(12)7-13;2*1-11-14-4-5-31(22(14)28-10-27-11)18-9-24(20(33)19(18)32)8-17(30-23(24)34)13-3-2-12-6-15(25)21(26)29-16(12)7-13/h2-7,10,17-19,21,27,32,34H,8-9H2,1H3,(H2,26,30);2*2-7,10,17-20,32-33H,8-9H2,1H3,(H2,26,29)(H,30,34)/t17-,18+,19+,21+,24+;2*17-,18-,19+,20+,24-/m111/s1. The Kier molecular flexibility index (Phi) is 16.6. The monoisotopic (exact) mass is 1570 g/mol. The smallest absolute Gasteiger partial charge is 0.229 e. The highest BCUT2D eigenvalue weighted by Crippen LogP contribution is 2.56. The molecular formula is C72H69Br3N18O9. The number of pyridine rings is 3. The topological polar surface area (TPSA) is 418 Å². The van der Waals surface area contributed by atoms with Crippen LogP contribution >= 0.6 is 47.8 Å². The number of benzene rings is 3. The molecule has 6 fully saturated rings. The number of nitrogen functional groups attached to an aromatic ring is 3. The first-order chi connectivity index (χ1) is 48.9. The van der Waals surface area contributed by atoms with E-state index < -0.39 is 77.0 Å². The van der Waals surface area contributed by atoms with Crippen LogP contribution in [0.4, 0.5) is 17.5 Å². The van der Waals surface area contributed by atoms with Gasteiger partial charge in [-0.25, -0.2) is 44.9 Å². The van der Waals surface area contributed by atoms with Crippen LogP contribution in [0, 0.1) is 37.0 Å². The molecule has 0 bridgehead atoms. The van der Waals surface area contributed by atoms with Crippen LogP contribution in [0.3, 0.4) is 0 Å². The van der Waals surface area contributed by atoms with Crippen LogP contribution in [0.5, 0.6) is 0 Å². The van der Waals surface area contributed by atoms with E-state index in [9.17, 15) is 45.0 Å². The Balaban J connectivity index is 0.000000118. The highest BCUT2D eigenvalue weighted by Gasteiger charge is 2.64. The number of anilines is 3. The number of nitrogens with two attached hydrogens (primary N) is 3. The maximum absolute atomic E-state index is 13.8. The number of hydrogen-bond acceptors (Lipinski definition) is 22. The minimum Gasteiger partial charge on any atom is -0.389 e. The molecule has 18 rings (SSSR count). The van der Waals surface area contributed by atoms with Gasteiger partial charge in [0.2, 0.25) is 11.8 Å². The van der Waals surface area contributed by atoms with Crippen molar-refractivity contribution in [3.8, 4) is 0 Å². The van der Waals surface area contributed by atoms with Gasteiger partial charge in [0.1, 0.15) is 71.7 Å². The summed E-state index contributed by atoms with van der Waals surface area (Å²) in [5.74, 6) is 0.531. The average molecular weight is 1570 g/mol. The molecule has 3 spiro atoms. The number of nitrogens with one attached hydrogen (secondary N) is 3. The van der Waals surface area contributed by atoms with Crippen LogP contribution < -0.4 is 33.2 Å². The lowest BCUT2D eigenvalue weighted by atomic mass is 9.79. The van der Waals surface area contributed by atoms with Gasteiger partial charge in [0.25, 0.3) is 0 Å². The molecule has 0 unspecified atom stereocenters. The Morgan fingerprint density at radius 2 is 0.775 bits per heavy atom. The van der Waals surface area contributed by atoms with Crippen molar-refractivity contribution in [1.29, 1.82) is 0 Å². The number of fused-ring (bicyclic) bond motifs is 6. The first-order valence-electron chi connectivity index (χ1n) is 33.3. The summed E-state index contributed by atoms with van der Waals surface area (Å²) >= 11 is 10.2. The number of hydrogen-bond donors (Lipinski definition) is 12. The number of aromatic nitrogens is 12. The van der Waals surface area contributed by atoms with Crippen LogP contribution in [0.15, 0.2) is 142 Å². The number of aliphatic hydroxyl groups excluding tert-OH is 6. The molecule has 3 aromatic carbocycles. The van der Waals surface area contributed by atoms with Crippen LogP contribution in [-0.2, 0) is 14.4 Å². The number of amides is 2. The van der Waals surface area contributed by atoms with Crippen LogP contribution in [0.25, 0.3) is 65.8 Å². The molecule has 3 aliphatic heterocycles. The predicted octanol–water partition coefficient (Wildman–Crippen LogP) is 7.29. The maximum Gasteiger partial charge on any atom is 0.229 e. The van der Waals surface area contributed by atoms with E-state index in [1.54, 1.807) is 0 Å². The lowest BCUT2D eigenvalue weighted by Crippen LogP contribution is -2.42. The Morgan fingerprint density at radius 3 is 1.15 bits per heavy atom. The summed E-state index contributed by atoms with van der Waals surface area (Å²) in [6.45, 7) is 5.97. The average Bonchev–Trinajstić information content (AvgIpc) is 1.58. The van der Waals surface area contributed by atoms with Crippen molar-refractivity contribution in [3.63, 3.8) is 0 Å². The van der Waals surface area contributed by atoms with E-state index in [4.69, 9.17) is 17.2 Å². The largest absolute Gasteiger partial charge is 0.389 e. The minimum atomic E-state index is -1.20. The van der Waals surface area contributed by atoms with E-state index >= 15 is 0 Å². The van der Waals surface area contributed by atoms with Crippen molar-refractivity contribution in [2.24, 2.45) is 16.2 Å². The van der Waals surface area contributed by atoms with Gasteiger partial charge in [-0.05, 0) is 172 Å². The molecule has 0 radical (unpaired) electrons. The minimum absolute atomic E-state index is 0.131. The second-order valence-corrected chi connectivity index (χ2v) is 30.5. The van der Waals surface area contributed by atoms with E-state index in [1.165, 1.54) is 19.0 Å². The molecule has 102 heavy (non-hydrogen) atoms. The van der Waals surface area contributed by atoms with Gasteiger partial charge in [0.15, 0.2) is 5.78 Å². The van der Waals surface area contributed by atoms with Gasteiger partial charge >= 0.3 is 0 Å². The molecule has 12 aromatic rings. The van der Waals surface area contributed by atoms with E-state index in [0.717, 1.165) is 86.1 Å². The van der Waals surface area contributed by atoms with E-state index in [1.807, 2.05) is 144 Å². The van der Waals surface area contributed by atoms with Crippen molar-refractivity contribution in [1.82, 2.24) is 74.5 Å². The number of carbonyl (C=O) groups is 3. The normalized spacial score (nSPS) is 29.0. The van der Waals surface area contributed by atoms with Crippen molar-refractivity contribution >= 4 is 149 Å². The lowest BCUT2D eigenvalue weighted by molar-refractivity contribution is -0.135. The molecule has 12 heterocycles. The summed E-state index contributed by atoms with van der Waals surface area (Å²) in [5.41, 5.74) is 23.7. The second-order valence-electron chi connectivity index (χ2n) is 27.9. The molecule has 15 N–H and O–H groups in total. The fraction of sp³-hybridized carbons (Fsp3) is 0.333. The molecule has 2 amide bonds. The lowest BCUT2D eigenvalue weighted by Gasteiger charge is -2.25. The van der Waals surface area contributed by atoms with Gasteiger partial charge in [-0.1, -0.05) is 36.4 Å². The Hall–Kier alpha value is -9.08. The molecule has 3 saturated carbocycles. The third-order valence-corrected chi connectivity index (χ3v) is 24.3. The van der Waals surface area contributed by atoms with Crippen LogP contribution in [0.1, 0.15) is 102 Å². The second kappa shape index (κ2) is 25.1. The Morgan fingerprint density at radius 1 is 0.441 bits per heavy atom. The van der Waals surface area contributed by atoms with Crippen molar-refractivity contribution < 1.29 is 45.0 Å². The van der Waals surface area contributed by atoms with Gasteiger partial charge < -0.3 is 77.5 Å². The highest BCUT2D eigenvalue weighted by molar-refractivity contribution is 9.11. The third-order valence-electron chi connectivity index (χ3n) is 22.4. The van der Waals surface area contributed by atoms with Crippen molar-refractivity contribution in [2.75, 3.05) is 23.7 Å². The Bertz CT molecular complexity index is 5110. The van der Waals surface area contributed by atoms with Crippen LogP contribution in [0.2, 0.25) is 0 Å². The quantitative estimate of drug-likeness (QED) is 0.0777. The van der Waals surface area contributed by atoms with Crippen molar-refractivity contribution in [3.05, 3.63) is 176 Å². The van der Waals surface area contributed by atoms with Gasteiger partial charge in [-0.2, -0.15) is 0 Å². The molecule has 15 atom stereocenters. The fourth-order valence-electron chi connectivity index (χ4n) is 16.8. The number of halogens is 3. The summed E-state index contributed by atoms with van der Waals surface area (Å²) in [4.78, 5) is 79.4. The van der Waals surface area contributed by atoms with Gasteiger partial charge in [0, 0.05) is 57.5 Å². The number of aryl methyl sites for hydroxylation is 3. The summed E-state index contributed by atoms with van der Waals surface area (Å²) in [7, 11) is 0. The third kappa shape index (κ3) is 10.7. The summed E-state index contributed by atoms with van der Waals surface area (Å²) in [5, 5.41) is 81.3. The van der Waals surface area contributed by atoms with E-state index in [0.29, 0.717) is 76.5 Å². The molecule has 30 heteroatoms. The van der Waals surface area contributed by atoms with Gasteiger partial charge in [0.05, 0.1) is 118 Å². The number of ketones is 1. The maximum atomic E-state index is 13.8. The molecule has 6 aliphatic rings. The number of carbonyl (C=O) groups excluding carboxylic acids is 3. The number of aliphatic hydroxyl groups is 6. The molecule has 9 aromatic heterocycles. The van der Waals surface area contributed by atoms with E-state index in [2.05, 4.69) is 109 Å². The molecule has 522 valence electrons.